The first kappa shape index (κ1) is 18.4. The average molecular weight is 374 g/mol. The number of sulfonamides is 1. The van der Waals surface area contributed by atoms with Crippen LogP contribution in [0.5, 0.6) is 5.75 Å². The molecule has 26 heavy (non-hydrogen) atoms. The number of piperazine rings is 1. The summed E-state index contributed by atoms with van der Waals surface area (Å²) >= 11 is 0. The Balaban J connectivity index is 1.80. The summed E-state index contributed by atoms with van der Waals surface area (Å²) in [7, 11) is -3.70. The van der Waals surface area contributed by atoms with E-state index in [1.807, 2.05) is 31.2 Å². The number of hydrogen-bond donors (Lipinski definition) is 0. The summed E-state index contributed by atoms with van der Waals surface area (Å²) in [6.07, 6.45) is 0. The number of hydrogen-bond acceptors (Lipinski definition) is 4. The number of carbonyl (C=O) groups is 1. The van der Waals surface area contributed by atoms with Gasteiger partial charge in [-0.3, -0.25) is 4.79 Å². The second-order valence-electron chi connectivity index (χ2n) is 6.02. The molecule has 6 nitrogen and oxygen atoms in total. The third kappa shape index (κ3) is 3.45. The van der Waals surface area contributed by atoms with Crippen LogP contribution in [0.2, 0.25) is 0 Å². The molecule has 0 saturated carbocycles. The van der Waals surface area contributed by atoms with Crippen molar-refractivity contribution in [2.75, 3.05) is 24.6 Å². The fourth-order valence-electron chi connectivity index (χ4n) is 3.05. The zero-order valence-corrected chi connectivity index (χ0v) is 15.6. The topological polar surface area (TPSA) is 66.9 Å². The molecule has 1 aliphatic rings. The summed E-state index contributed by atoms with van der Waals surface area (Å²) in [6, 6.07) is 14.7. The van der Waals surface area contributed by atoms with Crippen molar-refractivity contribution < 1.29 is 17.9 Å². The predicted octanol–water partition coefficient (Wildman–Crippen LogP) is 2.51. The van der Waals surface area contributed by atoms with E-state index in [1.54, 1.807) is 42.2 Å². The molecule has 1 fully saturated rings. The molecule has 0 radical (unpaired) electrons. The van der Waals surface area contributed by atoms with Crippen molar-refractivity contribution in [1.82, 2.24) is 4.31 Å². The van der Waals surface area contributed by atoms with Gasteiger partial charge in [-0.25, -0.2) is 8.42 Å². The van der Waals surface area contributed by atoms with Crippen LogP contribution in [-0.4, -0.2) is 44.4 Å². The predicted molar refractivity (Wildman–Crippen MR) is 99.8 cm³/mol. The van der Waals surface area contributed by atoms with Crippen LogP contribution in [-0.2, 0) is 14.8 Å². The molecule has 1 amide bonds. The summed E-state index contributed by atoms with van der Waals surface area (Å²) < 4.78 is 32.4. The Morgan fingerprint density at radius 1 is 1.04 bits per heavy atom. The normalized spacial score (nSPS) is 18.8. The second kappa shape index (κ2) is 7.47. The van der Waals surface area contributed by atoms with Crippen molar-refractivity contribution in [1.29, 1.82) is 0 Å². The van der Waals surface area contributed by atoms with Gasteiger partial charge >= 0.3 is 0 Å². The van der Waals surface area contributed by atoms with Crippen LogP contribution in [0.3, 0.4) is 0 Å². The lowest BCUT2D eigenvalue weighted by atomic mass is 10.2. The Kier molecular flexibility index (Phi) is 5.29. The minimum absolute atomic E-state index is 0.203. The van der Waals surface area contributed by atoms with Gasteiger partial charge in [0.2, 0.25) is 15.9 Å². The fourth-order valence-corrected chi connectivity index (χ4v) is 4.65. The quantitative estimate of drug-likeness (QED) is 0.807. The first-order chi connectivity index (χ1) is 12.4. The largest absolute Gasteiger partial charge is 0.494 e. The van der Waals surface area contributed by atoms with Crippen molar-refractivity contribution >= 4 is 21.6 Å². The lowest BCUT2D eigenvalue weighted by Crippen LogP contribution is -2.57. The maximum Gasteiger partial charge on any atom is 0.245 e. The van der Waals surface area contributed by atoms with E-state index < -0.39 is 16.1 Å². The number of benzene rings is 2. The molecule has 1 saturated heterocycles. The molecule has 1 unspecified atom stereocenters. The molecule has 0 N–H and O–H groups in total. The minimum atomic E-state index is -3.70. The van der Waals surface area contributed by atoms with E-state index in [-0.39, 0.29) is 17.3 Å². The van der Waals surface area contributed by atoms with E-state index in [2.05, 4.69) is 0 Å². The third-order valence-corrected chi connectivity index (χ3v) is 6.39. The summed E-state index contributed by atoms with van der Waals surface area (Å²) in [5, 5.41) is 0. The highest BCUT2D eigenvalue weighted by Crippen LogP contribution is 2.26. The average Bonchev–Trinajstić information content (AvgIpc) is 2.65. The van der Waals surface area contributed by atoms with Crippen molar-refractivity contribution in [3.63, 3.8) is 0 Å². The maximum absolute atomic E-state index is 12.8. The molecule has 0 bridgehead atoms. The van der Waals surface area contributed by atoms with Crippen molar-refractivity contribution in [3.05, 3.63) is 54.6 Å². The first-order valence-corrected chi connectivity index (χ1v) is 10.0. The fraction of sp³-hybridized carbons (Fsp3) is 0.316. The van der Waals surface area contributed by atoms with E-state index in [4.69, 9.17) is 4.74 Å². The Bertz CT molecular complexity index is 866. The SMILES string of the molecule is CCOc1ccc(N2CCN(S(=O)(=O)c3ccccc3)C(C)C2=O)cc1. The maximum atomic E-state index is 12.8. The zero-order valence-electron chi connectivity index (χ0n) is 14.8. The highest BCUT2D eigenvalue weighted by molar-refractivity contribution is 7.89. The molecule has 0 aromatic heterocycles. The van der Waals surface area contributed by atoms with Crippen molar-refractivity contribution in [2.45, 2.75) is 24.8 Å². The van der Waals surface area contributed by atoms with Crippen LogP contribution in [0.25, 0.3) is 0 Å². The Morgan fingerprint density at radius 3 is 2.31 bits per heavy atom. The molecule has 7 heteroatoms. The van der Waals surface area contributed by atoms with Gasteiger partial charge in [-0.2, -0.15) is 4.31 Å². The molecule has 1 aliphatic heterocycles. The molecule has 0 aliphatic carbocycles. The van der Waals surface area contributed by atoms with Gasteiger partial charge in [0.05, 0.1) is 11.5 Å². The van der Waals surface area contributed by atoms with Gasteiger partial charge in [0.25, 0.3) is 0 Å². The standard InChI is InChI=1S/C19H22N2O4S/c1-3-25-17-11-9-16(10-12-17)20-13-14-21(15(2)19(20)22)26(23,24)18-7-5-4-6-8-18/h4-12,15H,3,13-14H2,1-2H3. The molecule has 138 valence electrons. The van der Waals surface area contributed by atoms with Gasteiger partial charge in [0.15, 0.2) is 0 Å². The molecule has 1 heterocycles. The monoisotopic (exact) mass is 374 g/mol. The first-order valence-electron chi connectivity index (χ1n) is 8.56. The number of carbonyl (C=O) groups excluding carboxylic acids is 1. The van der Waals surface area contributed by atoms with Crippen LogP contribution in [0, 0.1) is 0 Å². The molecular weight excluding hydrogens is 352 g/mol. The number of amides is 1. The van der Waals surface area contributed by atoms with E-state index in [0.717, 1.165) is 11.4 Å². The highest BCUT2D eigenvalue weighted by atomic mass is 32.2. The van der Waals surface area contributed by atoms with Crippen LogP contribution in [0.15, 0.2) is 59.5 Å². The summed E-state index contributed by atoms with van der Waals surface area (Å²) in [4.78, 5) is 14.6. The van der Waals surface area contributed by atoms with Gasteiger partial charge in [-0.1, -0.05) is 18.2 Å². The Labute approximate surface area is 154 Å². The van der Waals surface area contributed by atoms with E-state index >= 15 is 0 Å². The Hall–Kier alpha value is -2.38. The van der Waals surface area contributed by atoms with E-state index in [1.165, 1.54) is 4.31 Å². The van der Waals surface area contributed by atoms with Gasteiger partial charge in [-0.15, -0.1) is 0 Å². The summed E-state index contributed by atoms with van der Waals surface area (Å²) in [6.45, 7) is 4.67. The third-order valence-electron chi connectivity index (χ3n) is 4.41. The molecule has 2 aromatic rings. The molecule has 1 atom stereocenters. The molecule has 2 aromatic carbocycles. The van der Waals surface area contributed by atoms with Crippen LogP contribution < -0.4 is 9.64 Å². The van der Waals surface area contributed by atoms with Gasteiger partial charge < -0.3 is 9.64 Å². The van der Waals surface area contributed by atoms with Gasteiger partial charge in [-0.05, 0) is 50.2 Å². The zero-order chi connectivity index (χ0) is 18.7. The van der Waals surface area contributed by atoms with Crippen molar-refractivity contribution in [2.24, 2.45) is 0 Å². The number of ether oxygens (including phenoxy) is 1. The number of anilines is 1. The summed E-state index contributed by atoms with van der Waals surface area (Å²) in [5.74, 6) is 0.502. The molecular formula is C19H22N2O4S. The van der Waals surface area contributed by atoms with E-state index in [0.29, 0.717) is 13.2 Å². The van der Waals surface area contributed by atoms with Gasteiger partial charge in [0.1, 0.15) is 11.8 Å². The molecule has 0 spiro atoms. The lowest BCUT2D eigenvalue weighted by molar-refractivity contribution is -0.123. The minimum Gasteiger partial charge on any atom is -0.494 e. The number of nitrogens with zero attached hydrogens (tertiary/aromatic N) is 2. The summed E-state index contributed by atoms with van der Waals surface area (Å²) in [5.41, 5.74) is 0.738. The highest BCUT2D eigenvalue weighted by Gasteiger charge is 2.39. The smallest absolute Gasteiger partial charge is 0.245 e. The number of rotatable bonds is 5. The Morgan fingerprint density at radius 2 is 1.69 bits per heavy atom. The van der Waals surface area contributed by atoms with E-state index in [9.17, 15) is 13.2 Å². The van der Waals surface area contributed by atoms with Crippen molar-refractivity contribution in [3.8, 4) is 5.75 Å². The van der Waals surface area contributed by atoms with Gasteiger partial charge in [0, 0.05) is 18.8 Å². The van der Waals surface area contributed by atoms with Crippen LogP contribution >= 0.6 is 0 Å². The molecule has 3 rings (SSSR count). The van der Waals surface area contributed by atoms with Crippen LogP contribution in [0.4, 0.5) is 5.69 Å². The lowest BCUT2D eigenvalue weighted by Gasteiger charge is -2.38. The second-order valence-corrected chi connectivity index (χ2v) is 7.91. The van der Waals surface area contributed by atoms with Crippen LogP contribution in [0.1, 0.15) is 13.8 Å².